The van der Waals surface area contributed by atoms with Crippen LogP contribution in [-0.4, -0.2) is 53.4 Å². The largest absolute Gasteiger partial charge is 0.339 e. The van der Waals surface area contributed by atoms with Gasteiger partial charge in [0.25, 0.3) is 5.91 Å². The molecule has 1 saturated heterocycles. The lowest BCUT2D eigenvalue weighted by atomic mass is 10.0. The predicted octanol–water partition coefficient (Wildman–Crippen LogP) is 0.924. The van der Waals surface area contributed by atoms with Crippen molar-refractivity contribution in [2.45, 2.75) is 25.8 Å². The molecule has 0 radical (unpaired) electrons. The van der Waals surface area contributed by atoms with Crippen LogP contribution in [0, 0.1) is 0 Å². The molecule has 0 aromatic carbocycles. The second-order valence-electron chi connectivity index (χ2n) is 5.15. The molecule has 2 heterocycles. The third-order valence-corrected chi connectivity index (χ3v) is 4.08. The number of likely N-dealkylation sites (tertiary alicyclic amines) is 1. The third kappa shape index (κ3) is 3.08. The van der Waals surface area contributed by atoms with Gasteiger partial charge in [-0.1, -0.05) is 6.92 Å². The minimum absolute atomic E-state index is 0.00435. The highest BCUT2D eigenvalue weighted by Gasteiger charge is 2.26. The Bertz CT molecular complexity index is 457. The van der Waals surface area contributed by atoms with Crippen LogP contribution in [0.25, 0.3) is 0 Å². The summed E-state index contributed by atoms with van der Waals surface area (Å²) in [7, 11) is 1.87. The first-order chi connectivity index (χ1) is 9.67. The number of anilines is 1. The molecule has 110 valence electrons. The smallest absolute Gasteiger partial charge is 0.256 e. The van der Waals surface area contributed by atoms with Gasteiger partial charge < -0.3 is 15.2 Å². The first kappa shape index (κ1) is 14.7. The molecule has 0 unspecified atom stereocenters. The van der Waals surface area contributed by atoms with Crippen molar-refractivity contribution in [3.8, 4) is 0 Å². The number of nitrogen functional groups attached to an aromatic ring is 1. The number of nitrogens with two attached hydrogens (primary N) is 1. The highest BCUT2D eigenvalue weighted by molar-refractivity contribution is 5.99. The van der Waals surface area contributed by atoms with E-state index in [-0.39, 0.29) is 5.91 Å². The molecule has 2 rings (SSSR count). The van der Waals surface area contributed by atoms with Crippen LogP contribution in [0.15, 0.2) is 18.5 Å². The standard InChI is InChI=1S/C14H23N5O/c1-3-19-8-5-11(6-9-19)18(2)14(20)12-4-7-16-10-13(12)17-15/h4,7,10-11,17H,3,5-6,8-9,15H2,1-2H3. The Morgan fingerprint density at radius 3 is 2.85 bits per heavy atom. The lowest BCUT2D eigenvalue weighted by Crippen LogP contribution is -2.45. The molecule has 0 bridgehead atoms. The SMILES string of the molecule is CCN1CCC(N(C)C(=O)c2ccncc2NN)CC1. The lowest BCUT2D eigenvalue weighted by Gasteiger charge is -2.36. The fourth-order valence-electron chi connectivity index (χ4n) is 2.67. The fraction of sp³-hybridized carbons (Fsp3) is 0.571. The Morgan fingerprint density at radius 1 is 1.55 bits per heavy atom. The van der Waals surface area contributed by atoms with E-state index in [1.807, 2.05) is 11.9 Å². The van der Waals surface area contributed by atoms with E-state index < -0.39 is 0 Å². The van der Waals surface area contributed by atoms with Gasteiger partial charge in [-0.15, -0.1) is 0 Å². The number of nitrogens with zero attached hydrogens (tertiary/aromatic N) is 3. The van der Waals surface area contributed by atoms with Crippen molar-refractivity contribution >= 4 is 11.6 Å². The molecule has 0 aliphatic carbocycles. The molecule has 1 fully saturated rings. The normalized spacial score (nSPS) is 16.9. The first-order valence-electron chi connectivity index (χ1n) is 7.07. The summed E-state index contributed by atoms with van der Waals surface area (Å²) in [6.45, 7) is 5.36. The predicted molar refractivity (Wildman–Crippen MR) is 79.3 cm³/mol. The number of piperidine rings is 1. The highest BCUT2D eigenvalue weighted by atomic mass is 16.2. The maximum Gasteiger partial charge on any atom is 0.256 e. The molecule has 1 aromatic heterocycles. The Kier molecular flexibility index (Phi) is 4.92. The van der Waals surface area contributed by atoms with Crippen LogP contribution in [0.3, 0.4) is 0 Å². The van der Waals surface area contributed by atoms with Crippen molar-refractivity contribution in [3.63, 3.8) is 0 Å². The number of hydrogen-bond donors (Lipinski definition) is 2. The molecule has 6 nitrogen and oxygen atoms in total. The van der Waals surface area contributed by atoms with Gasteiger partial charge in [0.05, 0.1) is 17.4 Å². The van der Waals surface area contributed by atoms with Crippen molar-refractivity contribution in [3.05, 3.63) is 24.0 Å². The number of rotatable bonds is 4. The molecular weight excluding hydrogens is 254 g/mol. The molecule has 0 atom stereocenters. The van der Waals surface area contributed by atoms with E-state index in [0.29, 0.717) is 17.3 Å². The van der Waals surface area contributed by atoms with Gasteiger partial charge in [-0.05, 0) is 25.5 Å². The van der Waals surface area contributed by atoms with Gasteiger partial charge >= 0.3 is 0 Å². The maximum absolute atomic E-state index is 12.6. The van der Waals surface area contributed by atoms with Crippen LogP contribution >= 0.6 is 0 Å². The van der Waals surface area contributed by atoms with Gasteiger partial charge in [0.15, 0.2) is 0 Å². The van der Waals surface area contributed by atoms with E-state index in [4.69, 9.17) is 5.84 Å². The second kappa shape index (κ2) is 6.67. The number of amides is 1. The molecule has 0 spiro atoms. The van der Waals surface area contributed by atoms with Crippen LogP contribution in [0.4, 0.5) is 5.69 Å². The summed E-state index contributed by atoms with van der Waals surface area (Å²) < 4.78 is 0. The Hall–Kier alpha value is -1.66. The number of nitrogens with one attached hydrogen (secondary N) is 1. The van der Waals surface area contributed by atoms with Crippen molar-refractivity contribution < 1.29 is 4.79 Å². The summed E-state index contributed by atoms with van der Waals surface area (Å²) in [6.07, 6.45) is 5.22. The van der Waals surface area contributed by atoms with Gasteiger partial charge in [0.2, 0.25) is 0 Å². The first-order valence-corrected chi connectivity index (χ1v) is 7.07. The number of carbonyl (C=O) groups excluding carboxylic acids is 1. The van der Waals surface area contributed by atoms with Gasteiger partial charge in [0, 0.05) is 32.4 Å². The van der Waals surface area contributed by atoms with Gasteiger partial charge in [0.1, 0.15) is 0 Å². The Balaban J connectivity index is 2.05. The summed E-state index contributed by atoms with van der Waals surface area (Å²) >= 11 is 0. The maximum atomic E-state index is 12.6. The number of hydrazine groups is 1. The quantitative estimate of drug-likeness (QED) is 0.632. The number of aromatic nitrogens is 1. The van der Waals surface area contributed by atoms with Crippen LogP contribution < -0.4 is 11.3 Å². The minimum Gasteiger partial charge on any atom is -0.339 e. The van der Waals surface area contributed by atoms with Crippen LogP contribution in [0.1, 0.15) is 30.1 Å². The molecule has 1 amide bonds. The second-order valence-corrected chi connectivity index (χ2v) is 5.15. The van der Waals surface area contributed by atoms with Crippen LogP contribution in [-0.2, 0) is 0 Å². The summed E-state index contributed by atoms with van der Waals surface area (Å²) in [5.41, 5.74) is 3.67. The summed E-state index contributed by atoms with van der Waals surface area (Å²) in [5, 5.41) is 0. The van der Waals surface area contributed by atoms with E-state index in [2.05, 4.69) is 22.2 Å². The molecule has 1 aliphatic heterocycles. The van der Waals surface area contributed by atoms with E-state index in [0.717, 1.165) is 32.5 Å². The van der Waals surface area contributed by atoms with E-state index >= 15 is 0 Å². The zero-order chi connectivity index (χ0) is 14.5. The molecule has 1 aliphatic rings. The number of hydrogen-bond acceptors (Lipinski definition) is 5. The Morgan fingerprint density at radius 2 is 2.25 bits per heavy atom. The van der Waals surface area contributed by atoms with Crippen molar-refractivity contribution in [1.82, 2.24) is 14.8 Å². The summed E-state index contributed by atoms with van der Waals surface area (Å²) in [5.74, 6) is 5.43. The van der Waals surface area contributed by atoms with Crippen LogP contribution in [0.5, 0.6) is 0 Å². The number of pyridine rings is 1. The van der Waals surface area contributed by atoms with E-state index in [1.54, 1.807) is 18.5 Å². The zero-order valence-corrected chi connectivity index (χ0v) is 12.2. The molecule has 20 heavy (non-hydrogen) atoms. The third-order valence-electron chi connectivity index (χ3n) is 4.08. The topological polar surface area (TPSA) is 74.5 Å². The lowest BCUT2D eigenvalue weighted by molar-refractivity contribution is 0.0647. The minimum atomic E-state index is -0.00435. The number of carbonyl (C=O) groups is 1. The summed E-state index contributed by atoms with van der Waals surface area (Å²) in [4.78, 5) is 20.8. The monoisotopic (exact) mass is 277 g/mol. The van der Waals surface area contributed by atoms with E-state index in [9.17, 15) is 4.79 Å². The van der Waals surface area contributed by atoms with Crippen LogP contribution in [0.2, 0.25) is 0 Å². The van der Waals surface area contributed by atoms with E-state index in [1.165, 1.54) is 0 Å². The summed E-state index contributed by atoms with van der Waals surface area (Å²) in [6, 6.07) is 2.00. The molecule has 1 aromatic rings. The average Bonchev–Trinajstić information content (AvgIpc) is 2.53. The molecular formula is C14H23N5O. The van der Waals surface area contributed by atoms with Crippen molar-refractivity contribution in [2.24, 2.45) is 5.84 Å². The Labute approximate surface area is 119 Å². The molecule has 3 N–H and O–H groups in total. The van der Waals surface area contributed by atoms with Crippen molar-refractivity contribution in [2.75, 3.05) is 32.1 Å². The van der Waals surface area contributed by atoms with Crippen molar-refractivity contribution in [1.29, 1.82) is 0 Å². The van der Waals surface area contributed by atoms with Gasteiger partial charge in [-0.2, -0.15) is 0 Å². The van der Waals surface area contributed by atoms with Gasteiger partial charge in [-0.3, -0.25) is 15.6 Å². The molecule has 6 heteroatoms. The zero-order valence-electron chi connectivity index (χ0n) is 12.2. The average molecular weight is 277 g/mol. The fourth-order valence-corrected chi connectivity index (χ4v) is 2.67. The highest BCUT2D eigenvalue weighted by Crippen LogP contribution is 2.20. The molecule has 0 saturated carbocycles. The van der Waals surface area contributed by atoms with Gasteiger partial charge in [-0.25, -0.2) is 0 Å².